The van der Waals surface area contributed by atoms with E-state index in [9.17, 15) is 0 Å². The standard InChI is InChI=1S/2C41H25N3S2.C35H21N3S2/c1-3-12-26(13-4-1)28-16-9-17-29(24-28)35-25-34(27-14-5-2-6-15-27)42-40(43-35)31-19-11-23-37-38(31)30-18-10-20-32(39(30)45-37)41-44-33-21-7-8-22-36(33)46-41;1-3-11-26(12-4-1)27-21-23-29(24-22-27)35-25-34(28-13-5-2-6-14-28)42-40(43-35)31-16-10-20-37-38(31)30-15-9-17-32(39(30)45-37)41-44-33-18-7-8-19-36(33)46-41;1-3-11-22(12-4-1)28-21-29(23-13-5-2-6-14-23)37-34(36-28)25-16-10-20-31-32(25)24-15-9-17-26(33(24)39-31)35-38-27-18-7-8-19-30(27)40-35/h2*1-25H;1-21H. The zero-order valence-corrected chi connectivity index (χ0v) is 75.4. The zero-order valence-electron chi connectivity index (χ0n) is 70.5. The van der Waals surface area contributed by atoms with Crippen LogP contribution in [0.5, 0.6) is 0 Å². The fourth-order valence-electron chi connectivity index (χ4n) is 17.5. The average molecular weight is 1800 g/mol. The Labute approximate surface area is 783 Å². The topological polar surface area (TPSA) is 116 Å². The molecule has 132 heavy (non-hydrogen) atoms. The molecule has 0 aliphatic heterocycles. The molecule has 0 aliphatic rings. The van der Waals surface area contributed by atoms with Crippen LogP contribution in [0.3, 0.4) is 0 Å². The predicted octanol–water partition coefficient (Wildman–Crippen LogP) is 33.7. The SMILES string of the molecule is c1ccc(-c2cc(-c3ccccc3)nc(-c3cccc4sc5c(-c6nc7ccccc7s6)cccc5c34)n2)cc1.c1ccc(-c2ccc(-c3cc(-c4ccccc4)nc(-c4cccc5sc6c(-c7nc8ccccc8s7)cccc6c45)n3)cc2)cc1.c1ccc(-c2cccc(-c3cc(-c4ccccc4)nc(-c4cccc5sc6c(-c7nc8ccccc8s7)cccc6c45)n3)c2)cc1. The van der Waals surface area contributed by atoms with Crippen LogP contribution in [0.2, 0.25) is 0 Å². The summed E-state index contributed by atoms with van der Waals surface area (Å²) in [6, 6.07) is 150. The number of rotatable bonds is 14. The molecule has 9 heterocycles. The Morgan fingerprint density at radius 3 is 0.697 bits per heavy atom. The first-order valence-corrected chi connectivity index (χ1v) is 48.4. The first kappa shape index (κ1) is 79.7. The van der Waals surface area contributed by atoms with E-state index in [0.29, 0.717) is 0 Å². The number of para-hydroxylation sites is 3. The van der Waals surface area contributed by atoms with Crippen molar-refractivity contribution in [2.75, 3.05) is 0 Å². The van der Waals surface area contributed by atoms with Gasteiger partial charge in [0.1, 0.15) is 15.0 Å². The maximum Gasteiger partial charge on any atom is 0.161 e. The second kappa shape index (κ2) is 34.7. The van der Waals surface area contributed by atoms with Crippen LogP contribution in [0.4, 0.5) is 0 Å². The molecule has 0 spiro atoms. The van der Waals surface area contributed by atoms with E-state index in [-0.39, 0.29) is 0 Å². The summed E-state index contributed by atoms with van der Waals surface area (Å²) in [4.78, 5) is 46.1. The Morgan fingerprint density at radius 2 is 0.371 bits per heavy atom. The van der Waals surface area contributed by atoms with Crippen molar-refractivity contribution in [3.05, 3.63) is 431 Å². The summed E-state index contributed by atoms with van der Waals surface area (Å²) in [6.45, 7) is 0. The van der Waals surface area contributed by atoms with E-state index in [4.69, 9.17) is 44.9 Å². The van der Waals surface area contributed by atoms with E-state index < -0.39 is 0 Å². The third-order valence-corrected chi connectivity index (χ3v) is 30.7. The van der Waals surface area contributed by atoms with Crippen molar-refractivity contribution >= 4 is 159 Å². The Kier molecular flexibility index (Phi) is 21.0. The maximum atomic E-state index is 5.26. The molecule has 0 radical (unpaired) electrons. The first-order chi connectivity index (χ1) is 65.4. The largest absolute Gasteiger partial charge is 0.236 e. The monoisotopic (exact) mass is 1790 g/mol. The molecule has 26 rings (SSSR count). The van der Waals surface area contributed by atoms with E-state index in [1.165, 1.54) is 108 Å². The molecule has 0 atom stereocenters. The van der Waals surface area contributed by atoms with Gasteiger partial charge in [-0.3, -0.25) is 0 Å². The van der Waals surface area contributed by atoms with Gasteiger partial charge in [0.05, 0.1) is 64.8 Å². The molecule has 0 saturated carbocycles. The van der Waals surface area contributed by atoms with Gasteiger partial charge in [0.15, 0.2) is 17.5 Å². The molecule has 26 aromatic rings. The Bertz CT molecular complexity index is 8680. The number of thiophene rings is 3. The molecule has 0 aliphatic carbocycles. The van der Waals surface area contributed by atoms with E-state index in [2.05, 4.69) is 376 Å². The average Bonchev–Trinajstić information content (AvgIpc) is 1.58. The molecule has 0 unspecified atom stereocenters. The van der Waals surface area contributed by atoms with Crippen LogP contribution in [0.1, 0.15) is 0 Å². The van der Waals surface area contributed by atoms with Gasteiger partial charge in [0.2, 0.25) is 0 Å². The van der Waals surface area contributed by atoms with Crippen molar-refractivity contribution in [3.8, 4) is 156 Å². The zero-order chi connectivity index (χ0) is 87.4. The summed E-state index contributed by atoms with van der Waals surface area (Å²) >= 11 is 10.7. The van der Waals surface area contributed by atoms with E-state index in [0.717, 1.165) is 139 Å². The smallest absolute Gasteiger partial charge is 0.161 e. The lowest BCUT2D eigenvalue weighted by atomic mass is 10.00. The number of thiazole rings is 3. The van der Waals surface area contributed by atoms with Gasteiger partial charge in [-0.15, -0.1) is 68.0 Å². The highest BCUT2D eigenvalue weighted by molar-refractivity contribution is 7.29. The molecule has 0 fully saturated rings. The van der Waals surface area contributed by atoms with Crippen LogP contribution < -0.4 is 0 Å². The molecule has 17 aromatic carbocycles. The van der Waals surface area contributed by atoms with Crippen LogP contribution >= 0.6 is 68.0 Å². The fourth-order valence-corrected chi connectivity index (χ4v) is 24.5. The van der Waals surface area contributed by atoms with Gasteiger partial charge in [0.25, 0.3) is 0 Å². The molecule has 620 valence electrons. The van der Waals surface area contributed by atoms with Gasteiger partial charge in [-0.2, -0.15) is 0 Å². The molecular formula is C117H71N9S6. The molecule has 9 nitrogen and oxygen atoms in total. The van der Waals surface area contributed by atoms with Gasteiger partial charge >= 0.3 is 0 Å². The molecule has 0 amide bonds. The summed E-state index contributed by atoms with van der Waals surface area (Å²) in [7, 11) is 0. The third-order valence-electron chi connectivity index (χ3n) is 23.9. The summed E-state index contributed by atoms with van der Waals surface area (Å²) in [5.41, 5.74) is 26.3. The lowest BCUT2D eigenvalue weighted by molar-refractivity contribution is 1.19. The number of nitrogens with zero attached hydrogens (tertiary/aromatic N) is 9. The van der Waals surface area contributed by atoms with Crippen molar-refractivity contribution in [2.24, 2.45) is 0 Å². The minimum atomic E-state index is 0.720. The highest BCUT2D eigenvalue weighted by Crippen LogP contribution is 2.50. The van der Waals surface area contributed by atoms with Crippen molar-refractivity contribution in [3.63, 3.8) is 0 Å². The van der Waals surface area contributed by atoms with Gasteiger partial charge in [-0.25, -0.2) is 44.9 Å². The molecule has 0 N–H and O–H groups in total. The summed E-state index contributed by atoms with van der Waals surface area (Å²) in [5, 5.41) is 10.3. The van der Waals surface area contributed by atoms with Crippen LogP contribution in [0, 0.1) is 0 Å². The minimum absolute atomic E-state index is 0.720. The second-order valence-corrected chi connectivity index (χ2v) is 38.3. The van der Waals surface area contributed by atoms with Crippen molar-refractivity contribution in [1.29, 1.82) is 0 Å². The summed E-state index contributed by atoms with van der Waals surface area (Å²) in [5.74, 6) is 2.17. The van der Waals surface area contributed by atoms with Gasteiger partial charge in [0, 0.05) is 127 Å². The molecule has 0 saturated heterocycles. The molecule has 9 aromatic heterocycles. The van der Waals surface area contributed by atoms with Crippen LogP contribution in [0.25, 0.3) is 247 Å². The summed E-state index contributed by atoms with van der Waals surface area (Å²) < 4.78 is 11.0. The highest BCUT2D eigenvalue weighted by Gasteiger charge is 2.25. The van der Waals surface area contributed by atoms with Gasteiger partial charge in [-0.05, 0) is 101 Å². The lowest BCUT2D eigenvalue weighted by Gasteiger charge is -2.11. The predicted molar refractivity (Wildman–Crippen MR) is 560 cm³/mol. The number of hydrogen-bond donors (Lipinski definition) is 0. The quantitative estimate of drug-likeness (QED) is 0.105. The Morgan fingerprint density at radius 1 is 0.144 bits per heavy atom. The number of benzene rings is 17. The van der Waals surface area contributed by atoms with Crippen LogP contribution in [0.15, 0.2) is 431 Å². The van der Waals surface area contributed by atoms with E-state index in [1.807, 2.05) is 88.6 Å². The fraction of sp³-hybridized carbons (Fsp3) is 0. The van der Waals surface area contributed by atoms with E-state index in [1.54, 1.807) is 34.0 Å². The normalized spacial score (nSPS) is 11.5. The van der Waals surface area contributed by atoms with Crippen molar-refractivity contribution in [1.82, 2.24) is 44.9 Å². The van der Waals surface area contributed by atoms with Gasteiger partial charge < -0.3 is 0 Å². The Balaban J connectivity index is 0.000000110. The highest BCUT2D eigenvalue weighted by atomic mass is 32.1. The van der Waals surface area contributed by atoms with Crippen molar-refractivity contribution in [2.45, 2.75) is 0 Å². The molecule has 0 bridgehead atoms. The van der Waals surface area contributed by atoms with E-state index >= 15 is 0 Å². The maximum absolute atomic E-state index is 5.26. The van der Waals surface area contributed by atoms with Crippen LogP contribution in [-0.2, 0) is 0 Å². The number of aromatic nitrogens is 9. The van der Waals surface area contributed by atoms with Crippen LogP contribution in [-0.4, -0.2) is 44.9 Å². The third kappa shape index (κ3) is 15.3. The minimum Gasteiger partial charge on any atom is -0.236 e. The second-order valence-electron chi connectivity index (χ2n) is 32.1. The summed E-state index contributed by atoms with van der Waals surface area (Å²) in [6.07, 6.45) is 0. The molecular weight excluding hydrogens is 1720 g/mol. The Hall–Kier alpha value is -15.7. The van der Waals surface area contributed by atoms with Crippen molar-refractivity contribution < 1.29 is 0 Å². The van der Waals surface area contributed by atoms with Gasteiger partial charge in [-0.1, -0.05) is 352 Å². The number of fused-ring (bicyclic) bond motifs is 12. The first-order valence-electron chi connectivity index (χ1n) is 43.5. The number of hydrogen-bond acceptors (Lipinski definition) is 15. The molecule has 15 heteroatoms. The lowest BCUT2D eigenvalue weighted by Crippen LogP contribution is -1.96.